The monoisotopic (exact) mass is 333 g/mol. The summed E-state index contributed by atoms with van der Waals surface area (Å²) < 4.78 is 1.89. The number of nitrogens with zero attached hydrogens (tertiary/aromatic N) is 2. The highest BCUT2D eigenvalue weighted by atomic mass is 16.2. The summed E-state index contributed by atoms with van der Waals surface area (Å²) in [6, 6.07) is 13.3. The van der Waals surface area contributed by atoms with Gasteiger partial charge in [-0.25, -0.2) is 0 Å². The fourth-order valence-electron chi connectivity index (χ4n) is 4.43. The van der Waals surface area contributed by atoms with Crippen molar-refractivity contribution in [3.63, 3.8) is 0 Å². The SMILES string of the molecule is O=C(c1ccc2cc[nH]c2c1)N1CC2C[C@H](C1)Cn1c2cccc1=O. The predicted molar refractivity (Wildman–Crippen MR) is 95.8 cm³/mol. The number of carbonyl (C=O) groups excluding carboxylic acids is 1. The summed E-state index contributed by atoms with van der Waals surface area (Å²) in [6.07, 6.45) is 2.95. The van der Waals surface area contributed by atoms with Crippen LogP contribution in [0.5, 0.6) is 0 Å². The topological polar surface area (TPSA) is 58.1 Å². The normalized spacial score (nSPS) is 22.0. The van der Waals surface area contributed by atoms with Crippen LogP contribution in [0.15, 0.2) is 53.5 Å². The van der Waals surface area contributed by atoms with Crippen molar-refractivity contribution in [2.45, 2.75) is 18.9 Å². The third-order valence-corrected chi connectivity index (χ3v) is 5.57. The molecule has 2 aromatic heterocycles. The smallest absolute Gasteiger partial charge is 0.253 e. The lowest BCUT2D eigenvalue weighted by Crippen LogP contribution is -2.49. The Balaban J connectivity index is 1.46. The fraction of sp³-hybridized carbons (Fsp3) is 0.300. The largest absolute Gasteiger partial charge is 0.361 e. The lowest BCUT2D eigenvalue weighted by Gasteiger charge is -2.42. The van der Waals surface area contributed by atoms with E-state index in [1.807, 2.05) is 52.1 Å². The van der Waals surface area contributed by atoms with Gasteiger partial charge >= 0.3 is 0 Å². The van der Waals surface area contributed by atoms with Gasteiger partial charge < -0.3 is 14.5 Å². The fourth-order valence-corrected chi connectivity index (χ4v) is 4.43. The molecule has 2 aliphatic rings. The molecule has 5 rings (SSSR count). The molecule has 0 radical (unpaired) electrons. The minimum Gasteiger partial charge on any atom is -0.361 e. The average molecular weight is 333 g/mol. The summed E-state index contributed by atoms with van der Waals surface area (Å²) >= 11 is 0. The minimum absolute atomic E-state index is 0.0733. The minimum atomic E-state index is 0.0733. The maximum absolute atomic E-state index is 13.0. The Morgan fingerprint density at radius 2 is 2.00 bits per heavy atom. The average Bonchev–Trinajstić information content (AvgIpc) is 3.09. The maximum atomic E-state index is 13.0. The van der Waals surface area contributed by atoms with Gasteiger partial charge in [-0.1, -0.05) is 12.1 Å². The van der Waals surface area contributed by atoms with E-state index in [2.05, 4.69) is 4.98 Å². The van der Waals surface area contributed by atoms with Crippen molar-refractivity contribution < 1.29 is 4.79 Å². The quantitative estimate of drug-likeness (QED) is 0.744. The first-order valence-electron chi connectivity index (χ1n) is 8.75. The molecular formula is C20H19N3O2. The number of rotatable bonds is 1. The van der Waals surface area contributed by atoms with Gasteiger partial charge in [0.15, 0.2) is 0 Å². The van der Waals surface area contributed by atoms with Crippen molar-refractivity contribution in [2.24, 2.45) is 5.92 Å². The molecule has 4 heterocycles. The molecule has 1 unspecified atom stereocenters. The number of nitrogens with one attached hydrogen (secondary N) is 1. The molecule has 5 heteroatoms. The van der Waals surface area contributed by atoms with Crippen molar-refractivity contribution in [3.05, 3.63) is 70.3 Å². The van der Waals surface area contributed by atoms with Crippen molar-refractivity contribution in [1.29, 1.82) is 0 Å². The van der Waals surface area contributed by atoms with E-state index in [4.69, 9.17) is 0 Å². The molecule has 0 spiro atoms. The standard InChI is InChI=1S/C20H19N3O2/c24-19-3-1-2-18-16-8-13(11-23(18)19)10-22(12-16)20(25)15-5-4-14-6-7-21-17(14)9-15/h1-7,9,13,16,21H,8,10-12H2/t13-,16?/m1/s1. The number of amides is 1. The number of pyridine rings is 1. The molecule has 0 aliphatic carbocycles. The van der Waals surface area contributed by atoms with Gasteiger partial charge in [-0.2, -0.15) is 0 Å². The number of aromatic nitrogens is 2. The second kappa shape index (κ2) is 5.34. The Bertz CT molecular complexity index is 1030. The van der Waals surface area contributed by atoms with Gasteiger partial charge in [-0.15, -0.1) is 0 Å². The zero-order valence-electron chi connectivity index (χ0n) is 13.8. The van der Waals surface area contributed by atoms with Gasteiger partial charge in [0, 0.05) is 54.6 Å². The molecule has 3 aromatic rings. The Morgan fingerprint density at radius 1 is 1.08 bits per heavy atom. The number of likely N-dealkylation sites (tertiary alicyclic amines) is 1. The van der Waals surface area contributed by atoms with Gasteiger partial charge in [0.25, 0.3) is 11.5 Å². The first kappa shape index (κ1) is 14.5. The van der Waals surface area contributed by atoms with Crippen LogP contribution >= 0.6 is 0 Å². The highest BCUT2D eigenvalue weighted by Crippen LogP contribution is 2.35. The van der Waals surface area contributed by atoms with Gasteiger partial charge in [-0.05, 0) is 42.0 Å². The second-order valence-electron chi connectivity index (χ2n) is 7.19. The third kappa shape index (κ3) is 2.30. The Kier molecular flexibility index (Phi) is 3.10. The lowest BCUT2D eigenvalue weighted by atomic mass is 9.83. The zero-order chi connectivity index (χ0) is 17.0. The number of benzene rings is 1. The van der Waals surface area contributed by atoms with Gasteiger partial charge in [-0.3, -0.25) is 9.59 Å². The summed E-state index contributed by atoms with van der Waals surface area (Å²) in [7, 11) is 0. The number of H-pyrrole nitrogens is 1. The van der Waals surface area contributed by atoms with E-state index in [9.17, 15) is 9.59 Å². The van der Waals surface area contributed by atoms with Gasteiger partial charge in [0.2, 0.25) is 0 Å². The van der Waals surface area contributed by atoms with Crippen LogP contribution in [-0.2, 0) is 6.54 Å². The van der Waals surface area contributed by atoms with Crippen molar-refractivity contribution in [1.82, 2.24) is 14.5 Å². The molecule has 2 bridgehead atoms. The van der Waals surface area contributed by atoms with E-state index in [0.29, 0.717) is 19.0 Å². The summed E-state index contributed by atoms with van der Waals surface area (Å²) in [5, 5.41) is 1.11. The van der Waals surface area contributed by atoms with Crippen LogP contribution in [0.3, 0.4) is 0 Å². The Hall–Kier alpha value is -2.82. The Morgan fingerprint density at radius 3 is 2.92 bits per heavy atom. The van der Waals surface area contributed by atoms with Crippen LogP contribution in [0, 0.1) is 5.92 Å². The molecule has 25 heavy (non-hydrogen) atoms. The molecule has 2 aliphatic heterocycles. The summed E-state index contributed by atoms with van der Waals surface area (Å²) in [4.78, 5) is 30.3. The van der Waals surface area contributed by atoms with E-state index in [0.717, 1.165) is 35.1 Å². The van der Waals surface area contributed by atoms with Crippen molar-refractivity contribution >= 4 is 16.8 Å². The molecule has 1 aromatic carbocycles. The lowest BCUT2D eigenvalue weighted by molar-refractivity contribution is 0.0594. The molecule has 5 nitrogen and oxygen atoms in total. The number of aromatic amines is 1. The van der Waals surface area contributed by atoms with E-state index in [1.165, 1.54) is 0 Å². The molecule has 1 amide bonds. The van der Waals surface area contributed by atoms with Crippen molar-refractivity contribution in [3.8, 4) is 0 Å². The van der Waals surface area contributed by atoms with Crippen LogP contribution in [0.2, 0.25) is 0 Å². The second-order valence-corrected chi connectivity index (χ2v) is 7.19. The summed E-state index contributed by atoms with van der Waals surface area (Å²) in [6.45, 7) is 2.12. The van der Waals surface area contributed by atoms with E-state index >= 15 is 0 Å². The molecular weight excluding hydrogens is 314 g/mol. The van der Waals surface area contributed by atoms with Gasteiger partial charge in [0.05, 0.1) is 0 Å². The number of hydrogen-bond acceptors (Lipinski definition) is 2. The van der Waals surface area contributed by atoms with Crippen LogP contribution in [-0.4, -0.2) is 33.4 Å². The van der Waals surface area contributed by atoms with Crippen LogP contribution < -0.4 is 5.56 Å². The maximum Gasteiger partial charge on any atom is 0.253 e. The Labute approximate surface area is 144 Å². The molecule has 0 saturated carbocycles. The molecule has 1 saturated heterocycles. The van der Waals surface area contributed by atoms with Crippen LogP contribution in [0.1, 0.15) is 28.4 Å². The van der Waals surface area contributed by atoms with E-state index < -0.39 is 0 Å². The first-order valence-corrected chi connectivity index (χ1v) is 8.75. The van der Waals surface area contributed by atoms with Crippen molar-refractivity contribution in [2.75, 3.05) is 13.1 Å². The first-order chi connectivity index (χ1) is 12.2. The van der Waals surface area contributed by atoms with E-state index in [-0.39, 0.29) is 17.4 Å². The molecule has 1 N–H and O–H groups in total. The summed E-state index contributed by atoms with van der Waals surface area (Å²) in [5.74, 6) is 0.682. The summed E-state index contributed by atoms with van der Waals surface area (Å²) in [5.41, 5.74) is 2.85. The molecule has 2 atom stereocenters. The predicted octanol–water partition coefficient (Wildman–Crippen LogP) is 2.59. The third-order valence-electron chi connectivity index (χ3n) is 5.57. The zero-order valence-corrected chi connectivity index (χ0v) is 13.8. The van der Waals surface area contributed by atoms with Crippen LogP contribution in [0.25, 0.3) is 10.9 Å². The highest BCUT2D eigenvalue weighted by Gasteiger charge is 2.36. The van der Waals surface area contributed by atoms with Crippen LogP contribution in [0.4, 0.5) is 0 Å². The molecule has 1 fully saturated rings. The number of piperidine rings is 1. The van der Waals surface area contributed by atoms with E-state index in [1.54, 1.807) is 6.07 Å². The number of hydrogen-bond donors (Lipinski definition) is 1. The highest BCUT2D eigenvalue weighted by molar-refractivity contribution is 5.98. The van der Waals surface area contributed by atoms with Gasteiger partial charge in [0.1, 0.15) is 0 Å². The number of carbonyl (C=O) groups is 1. The number of fused-ring (bicyclic) bond motifs is 5. The molecule has 126 valence electrons.